The minimum Gasteiger partial charge on any atom is -0.465 e. The first-order chi connectivity index (χ1) is 13.2. The van der Waals surface area contributed by atoms with Gasteiger partial charge >= 0.3 is 5.97 Å². The van der Waals surface area contributed by atoms with Crippen molar-refractivity contribution >= 4 is 39.3 Å². The van der Waals surface area contributed by atoms with Gasteiger partial charge in [0, 0.05) is 40.7 Å². The number of nitrogens with zero attached hydrogens (tertiary/aromatic N) is 4. The van der Waals surface area contributed by atoms with E-state index in [1.54, 1.807) is 30.1 Å². The lowest BCUT2D eigenvalue weighted by molar-refractivity contribution is 0.0602. The second kappa shape index (κ2) is 7.58. The van der Waals surface area contributed by atoms with E-state index in [9.17, 15) is 4.79 Å². The molecule has 1 aromatic carbocycles. The molecule has 0 aliphatic rings. The first kappa shape index (κ1) is 17.8. The van der Waals surface area contributed by atoms with E-state index in [0.717, 1.165) is 21.0 Å². The summed E-state index contributed by atoms with van der Waals surface area (Å²) in [5, 5.41) is 0.877. The van der Waals surface area contributed by atoms with Crippen molar-refractivity contribution in [2.45, 2.75) is 10.9 Å². The van der Waals surface area contributed by atoms with E-state index in [1.165, 1.54) is 7.11 Å². The van der Waals surface area contributed by atoms with Crippen molar-refractivity contribution < 1.29 is 9.53 Å². The molecule has 0 atom stereocenters. The Balaban J connectivity index is 1.57. The Hall–Kier alpha value is -2.58. The molecule has 0 spiro atoms. The number of hydrogen-bond donors (Lipinski definition) is 0. The maximum atomic E-state index is 11.9. The first-order valence-corrected chi connectivity index (χ1v) is 9.90. The quantitative estimate of drug-likeness (QED) is 0.339. The Morgan fingerprint density at radius 3 is 2.81 bits per heavy atom. The number of methoxy groups -OCH3 is 1. The highest BCUT2D eigenvalue weighted by Crippen LogP contribution is 2.25. The number of ether oxygens (including phenoxy) is 1. The minimum atomic E-state index is -0.392. The van der Waals surface area contributed by atoms with Crippen LogP contribution >= 0.6 is 27.7 Å². The highest BCUT2D eigenvalue weighted by Gasteiger charge is 2.14. The summed E-state index contributed by atoms with van der Waals surface area (Å²) in [6.45, 7) is 0. The number of benzene rings is 1. The van der Waals surface area contributed by atoms with Gasteiger partial charge in [0.2, 0.25) is 0 Å². The van der Waals surface area contributed by atoms with Gasteiger partial charge in [0.05, 0.1) is 12.8 Å². The zero-order chi connectivity index (χ0) is 18.8. The van der Waals surface area contributed by atoms with Gasteiger partial charge in [0.1, 0.15) is 5.56 Å². The molecular formula is C19H15BrN4O2S. The first-order valence-electron chi connectivity index (χ1n) is 8.12. The second-order valence-electron chi connectivity index (χ2n) is 5.72. The molecule has 0 bridgehead atoms. The smallest absolute Gasteiger partial charge is 0.341 e. The Morgan fingerprint density at radius 2 is 2.04 bits per heavy atom. The predicted octanol–water partition coefficient (Wildman–Crippen LogP) is 4.36. The van der Waals surface area contributed by atoms with Crippen LogP contribution in [0, 0.1) is 0 Å². The van der Waals surface area contributed by atoms with Crippen LogP contribution in [0.15, 0.2) is 70.8 Å². The molecule has 0 N–H and O–H groups in total. The fourth-order valence-electron chi connectivity index (χ4n) is 2.74. The zero-order valence-corrected chi connectivity index (χ0v) is 16.8. The van der Waals surface area contributed by atoms with E-state index in [0.29, 0.717) is 17.0 Å². The van der Waals surface area contributed by atoms with E-state index in [1.807, 2.05) is 51.8 Å². The summed E-state index contributed by atoms with van der Waals surface area (Å²) < 4.78 is 9.74. The lowest BCUT2D eigenvalue weighted by atomic mass is 10.3. The summed E-state index contributed by atoms with van der Waals surface area (Å²) in [5.74, 6) is 0.242. The molecule has 0 aliphatic heterocycles. The molecule has 0 unspecified atom stereocenters. The number of hydrogen-bond acceptors (Lipinski definition) is 5. The van der Waals surface area contributed by atoms with Gasteiger partial charge in [0.25, 0.3) is 0 Å². The molecule has 0 aliphatic carbocycles. The second-order valence-corrected chi connectivity index (χ2v) is 7.58. The summed E-state index contributed by atoms with van der Waals surface area (Å²) in [7, 11) is 1.37. The largest absolute Gasteiger partial charge is 0.465 e. The van der Waals surface area contributed by atoms with Gasteiger partial charge in [-0.3, -0.25) is 4.57 Å². The third-order valence-corrected chi connectivity index (χ3v) is 5.53. The maximum Gasteiger partial charge on any atom is 0.341 e. The predicted molar refractivity (Wildman–Crippen MR) is 107 cm³/mol. The maximum absolute atomic E-state index is 11.9. The lowest BCUT2D eigenvalue weighted by Gasteiger charge is -2.06. The van der Waals surface area contributed by atoms with Crippen LogP contribution in [0.4, 0.5) is 0 Å². The van der Waals surface area contributed by atoms with Crippen molar-refractivity contribution in [3.05, 3.63) is 76.9 Å². The van der Waals surface area contributed by atoms with Gasteiger partial charge in [-0.25, -0.2) is 14.8 Å². The van der Waals surface area contributed by atoms with Crippen molar-refractivity contribution in [2.75, 3.05) is 7.11 Å². The van der Waals surface area contributed by atoms with Crippen LogP contribution in [0.1, 0.15) is 16.1 Å². The molecule has 4 aromatic rings. The Bertz CT molecular complexity index is 1100. The molecular weight excluding hydrogens is 428 g/mol. The number of halogens is 1. The summed E-state index contributed by atoms with van der Waals surface area (Å²) in [6.07, 6.45) is 7.50. The van der Waals surface area contributed by atoms with Crippen LogP contribution in [-0.2, 0) is 10.5 Å². The Labute approximate surface area is 168 Å². The number of imidazole rings is 2. The zero-order valence-electron chi connectivity index (χ0n) is 14.4. The van der Waals surface area contributed by atoms with Gasteiger partial charge in [-0.2, -0.15) is 0 Å². The van der Waals surface area contributed by atoms with E-state index in [4.69, 9.17) is 4.74 Å². The van der Waals surface area contributed by atoms with Crippen LogP contribution in [0.5, 0.6) is 0 Å². The third kappa shape index (κ3) is 3.63. The van der Waals surface area contributed by atoms with Gasteiger partial charge in [-0.15, -0.1) is 0 Å². The molecule has 6 nitrogen and oxygen atoms in total. The average Bonchev–Trinajstić information content (AvgIpc) is 3.32. The molecule has 8 heteroatoms. The summed E-state index contributed by atoms with van der Waals surface area (Å²) in [6, 6.07) is 11.6. The van der Waals surface area contributed by atoms with Crippen LogP contribution in [0.3, 0.4) is 0 Å². The summed E-state index contributed by atoms with van der Waals surface area (Å²) in [4.78, 5) is 21.0. The van der Waals surface area contributed by atoms with Gasteiger partial charge in [-0.05, 0) is 36.4 Å². The molecule has 136 valence electrons. The lowest BCUT2D eigenvalue weighted by Crippen LogP contribution is -2.03. The van der Waals surface area contributed by atoms with Crippen molar-refractivity contribution in [1.29, 1.82) is 0 Å². The number of thioether (sulfide) groups is 1. The number of fused-ring (bicyclic) bond motifs is 1. The van der Waals surface area contributed by atoms with E-state index < -0.39 is 5.97 Å². The van der Waals surface area contributed by atoms with E-state index >= 15 is 0 Å². The SMILES string of the molecule is COC(=O)c1cccn2cc(CSc3nccn3-c3ccc(Br)cc3)nc12. The Kier molecular flexibility index (Phi) is 5.00. The van der Waals surface area contributed by atoms with Crippen LogP contribution in [0.25, 0.3) is 11.3 Å². The monoisotopic (exact) mass is 442 g/mol. The average molecular weight is 443 g/mol. The van der Waals surface area contributed by atoms with Crippen molar-refractivity contribution in [3.8, 4) is 5.69 Å². The summed E-state index contributed by atoms with van der Waals surface area (Å²) in [5.41, 5.74) is 2.95. The molecule has 0 saturated carbocycles. The number of carbonyl (C=O) groups excluding carboxylic acids is 1. The molecule has 0 radical (unpaired) electrons. The number of pyridine rings is 1. The van der Waals surface area contributed by atoms with Gasteiger partial charge in [0.15, 0.2) is 10.8 Å². The molecule has 0 saturated heterocycles. The third-order valence-electron chi connectivity index (χ3n) is 4.00. The Morgan fingerprint density at radius 1 is 1.22 bits per heavy atom. The van der Waals surface area contributed by atoms with Gasteiger partial charge < -0.3 is 9.14 Å². The van der Waals surface area contributed by atoms with Crippen molar-refractivity contribution in [3.63, 3.8) is 0 Å². The number of esters is 1. The van der Waals surface area contributed by atoms with Crippen molar-refractivity contribution in [2.24, 2.45) is 0 Å². The van der Waals surface area contributed by atoms with Gasteiger partial charge in [-0.1, -0.05) is 27.7 Å². The number of aromatic nitrogens is 4. The fourth-order valence-corrected chi connectivity index (χ4v) is 3.86. The molecule has 27 heavy (non-hydrogen) atoms. The van der Waals surface area contributed by atoms with Crippen LogP contribution in [-0.4, -0.2) is 32.0 Å². The van der Waals surface area contributed by atoms with Crippen LogP contribution in [0.2, 0.25) is 0 Å². The minimum absolute atomic E-state index is 0.392. The number of rotatable bonds is 5. The van der Waals surface area contributed by atoms with E-state index in [2.05, 4.69) is 25.9 Å². The van der Waals surface area contributed by atoms with Crippen LogP contribution < -0.4 is 0 Å². The summed E-state index contributed by atoms with van der Waals surface area (Å²) >= 11 is 5.04. The molecule has 3 aromatic heterocycles. The normalized spacial score (nSPS) is 11.0. The number of carbonyl (C=O) groups is 1. The molecule has 0 fully saturated rings. The molecule has 0 amide bonds. The molecule has 3 heterocycles. The van der Waals surface area contributed by atoms with E-state index in [-0.39, 0.29) is 0 Å². The highest BCUT2D eigenvalue weighted by atomic mass is 79.9. The fraction of sp³-hybridized carbons (Fsp3) is 0.105. The molecule has 4 rings (SSSR count). The topological polar surface area (TPSA) is 61.4 Å². The van der Waals surface area contributed by atoms with Crippen molar-refractivity contribution in [1.82, 2.24) is 18.9 Å². The highest BCUT2D eigenvalue weighted by molar-refractivity contribution is 9.10. The standard InChI is InChI=1S/C19H15BrN4O2S/c1-26-18(25)16-3-2-9-23-11-14(22-17(16)23)12-27-19-21-8-10-24(19)15-6-4-13(20)5-7-15/h2-11H,12H2,1H3.